The van der Waals surface area contributed by atoms with Gasteiger partial charge in [-0.15, -0.1) is 0 Å². The van der Waals surface area contributed by atoms with Crippen LogP contribution in [0.1, 0.15) is 30.8 Å². The first kappa shape index (κ1) is 20.5. The highest BCUT2D eigenvalue weighted by atomic mass is 32.5. The molecule has 1 atom stereocenters. The third-order valence-corrected chi connectivity index (χ3v) is 8.16. The van der Waals surface area contributed by atoms with Gasteiger partial charge in [-0.1, -0.05) is 42.0 Å². The normalized spacial score (nSPS) is 16.3. The van der Waals surface area contributed by atoms with Crippen LogP contribution in [-0.4, -0.2) is 13.2 Å². The molecule has 2 aromatic rings. The third kappa shape index (κ3) is 4.62. The van der Waals surface area contributed by atoms with Crippen LogP contribution in [0, 0.1) is 6.92 Å². The maximum Gasteiger partial charge on any atom is 0.436 e. The first-order valence-corrected chi connectivity index (χ1v) is 12.8. The van der Waals surface area contributed by atoms with Crippen molar-refractivity contribution in [3.05, 3.63) is 59.7 Å². The van der Waals surface area contributed by atoms with Gasteiger partial charge in [-0.25, -0.2) is 0 Å². The summed E-state index contributed by atoms with van der Waals surface area (Å²) < 4.78 is 42.1. The predicted molar refractivity (Wildman–Crippen MR) is 108 cm³/mol. The SMILES string of the molecule is CCOP(=O)(OCC)C(OP1(=S)Oc2ccccc2O1)c1ccc(C)cc1. The summed E-state index contributed by atoms with van der Waals surface area (Å²) in [5, 5.41) is 0. The second-order valence-corrected chi connectivity index (χ2v) is 10.7. The van der Waals surface area contributed by atoms with Crippen molar-refractivity contribution in [2.24, 2.45) is 0 Å². The van der Waals surface area contributed by atoms with Gasteiger partial charge in [0.15, 0.2) is 17.3 Å². The van der Waals surface area contributed by atoms with E-state index in [4.69, 9.17) is 34.4 Å². The van der Waals surface area contributed by atoms with Gasteiger partial charge in [0.2, 0.25) is 0 Å². The number of hydrogen-bond donors (Lipinski definition) is 0. The van der Waals surface area contributed by atoms with E-state index in [0.717, 1.165) is 5.56 Å². The molecule has 2 aromatic carbocycles. The molecule has 27 heavy (non-hydrogen) atoms. The van der Waals surface area contributed by atoms with Gasteiger partial charge in [-0.05, 0) is 38.5 Å². The summed E-state index contributed by atoms with van der Waals surface area (Å²) in [6.45, 7) is 2.63. The summed E-state index contributed by atoms with van der Waals surface area (Å²) >= 11 is 5.52. The fourth-order valence-electron chi connectivity index (χ4n) is 2.59. The molecule has 0 N–H and O–H groups in total. The van der Waals surface area contributed by atoms with Gasteiger partial charge in [-0.2, -0.15) is 0 Å². The zero-order valence-corrected chi connectivity index (χ0v) is 18.0. The number of benzene rings is 2. The van der Waals surface area contributed by atoms with Crippen LogP contribution < -0.4 is 9.05 Å². The van der Waals surface area contributed by atoms with E-state index in [2.05, 4.69) is 0 Å². The van der Waals surface area contributed by atoms with Gasteiger partial charge in [0.1, 0.15) is 0 Å². The lowest BCUT2D eigenvalue weighted by atomic mass is 10.2. The molecular formula is C18H22O6P2S. The maximum atomic E-state index is 13.5. The van der Waals surface area contributed by atoms with E-state index in [1.807, 2.05) is 43.3 Å². The molecule has 0 aromatic heterocycles. The minimum atomic E-state index is -3.68. The highest BCUT2D eigenvalue weighted by Gasteiger charge is 2.45. The van der Waals surface area contributed by atoms with E-state index < -0.39 is 20.2 Å². The van der Waals surface area contributed by atoms with Crippen LogP contribution in [0.4, 0.5) is 0 Å². The largest absolute Gasteiger partial charge is 0.436 e. The van der Waals surface area contributed by atoms with E-state index in [9.17, 15) is 4.57 Å². The number of rotatable bonds is 8. The molecule has 9 heteroatoms. The van der Waals surface area contributed by atoms with Crippen LogP contribution in [0.2, 0.25) is 0 Å². The van der Waals surface area contributed by atoms with E-state index in [1.54, 1.807) is 26.0 Å². The Bertz CT molecular complexity index is 847. The molecule has 1 aliphatic heterocycles. The van der Waals surface area contributed by atoms with Crippen molar-refractivity contribution >= 4 is 26.1 Å². The van der Waals surface area contributed by atoms with Crippen molar-refractivity contribution in [3.8, 4) is 11.5 Å². The quantitative estimate of drug-likeness (QED) is 0.480. The molecule has 0 spiro atoms. The molecule has 1 heterocycles. The van der Waals surface area contributed by atoms with Gasteiger partial charge >= 0.3 is 14.3 Å². The van der Waals surface area contributed by atoms with Crippen LogP contribution in [-0.2, 0) is 29.9 Å². The van der Waals surface area contributed by atoms with Gasteiger partial charge in [0.25, 0.3) is 0 Å². The van der Waals surface area contributed by atoms with E-state index in [0.29, 0.717) is 17.1 Å². The lowest BCUT2D eigenvalue weighted by Gasteiger charge is -2.28. The highest BCUT2D eigenvalue weighted by Crippen LogP contribution is 2.69. The fraction of sp³-hybridized carbons (Fsp3) is 0.333. The second kappa shape index (κ2) is 8.44. The fourth-order valence-corrected chi connectivity index (χ4v) is 7.23. The van der Waals surface area contributed by atoms with Crippen molar-refractivity contribution < 1.29 is 27.2 Å². The van der Waals surface area contributed by atoms with Crippen LogP contribution in [0.25, 0.3) is 0 Å². The van der Waals surface area contributed by atoms with Crippen molar-refractivity contribution in [2.75, 3.05) is 13.2 Å². The molecule has 6 nitrogen and oxygen atoms in total. The summed E-state index contributed by atoms with van der Waals surface area (Å²) in [4.78, 5) is 0. The van der Waals surface area contributed by atoms with Gasteiger partial charge in [0, 0.05) is 11.8 Å². The number of para-hydroxylation sites is 2. The molecular weight excluding hydrogens is 406 g/mol. The summed E-state index contributed by atoms with van der Waals surface area (Å²) in [5.74, 6) is -0.0459. The molecule has 0 bridgehead atoms. The molecule has 1 unspecified atom stereocenters. The first-order chi connectivity index (χ1) is 12.9. The van der Waals surface area contributed by atoms with E-state index in [-0.39, 0.29) is 13.2 Å². The van der Waals surface area contributed by atoms with E-state index >= 15 is 0 Å². The molecule has 146 valence electrons. The Kier molecular flexibility index (Phi) is 6.42. The van der Waals surface area contributed by atoms with Crippen molar-refractivity contribution in [3.63, 3.8) is 0 Å². The zero-order valence-electron chi connectivity index (χ0n) is 15.4. The van der Waals surface area contributed by atoms with Gasteiger partial charge in [-0.3, -0.25) is 9.09 Å². The van der Waals surface area contributed by atoms with Crippen molar-refractivity contribution in [1.29, 1.82) is 0 Å². The Hall–Kier alpha value is -1.20. The number of hydrogen-bond acceptors (Lipinski definition) is 7. The first-order valence-electron chi connectivity index (χ1n) is 8.61. The van der Waals surface area contributed by atoms with Gasteiger partial charge < -0.3 is 18.1 Å². The standard InChI is InChI=1S/C18H22O6P2S/c1-4-20-25(19,21-5-2)18(15-12-10-14(3)11-13-15)24-26(27)22-16-8-6-7-9-17(16)23-26/h6-13,18H,4-5H2,1-3H3. The van der Waals surface area contributed by atoms with Crippen LogP contribution in [0.15, 0.2) is 48.5 Å². The highest BCUT2D eigenvalue weighted by molar-refractivity contribution is 8.08. The monoisotopic (exact) mass is 428 g/mol. The molecule has 0 fully saturated rings. The Morgan fingerprint density at radius 3 is 2.00 bits per heavy atom. The lowest BCUT2D eigenvalue weighted by molar-refractivity contribution is 0.155. The third-order valence-electron chi connectivity index (χ3n) is 3.77. The molecule has 0 radical (unpaired) electrons. The topological polar surface area (TPSA) is 63.2 Å². The summed E-state index contributed by atoms with van der Waals surface area (Å²) in [7, 11) is -3.68. The average Bonchev–Trinajstić information content (AvgIpc) is 2.97. The molecule has 0 aliphatic carbocycles. The molecule has 0 saturated heterocycles. The Morgan fingerprint density at radius 1 is 1.00 bits per heavy atom. The average molecular weight is 428 g/mol. The molecule has 1 aliphatic rings. The Labute approximate surface area is 164 Å². The molecule has 0 saturated carbocycles. The Morgan fingerprint density at radius 2 is 1.52 bits per heavy atom. The van der Waals surface area contributed by atoms with Crippen LogP contribution in [0.5, 0.6) is 11.5 Å². The molecule has 0 amide bonds. The van der Waals surface area contributed by atoms with Crippen LogP contribution >= 0.6 is 14.3 Å². The minimum Gasteiger partial charge on any atom is -0.412 e. The summed E-state index contributed by atoms with van der Waals surface area (Å²) in [6.07, 6.45) is 0. The van der Waals surface area contributed by atoms with E-state index in [1.165, 1.54) is 0 Å². The maximum absolute atomic E-state index is 13.5. The zero-order chi connectivity index (χ0) is 19.5. The van der Waals surface area contributed by atoms with Crippen molar-refractivity contribution in [1.82, 2.24) is 0 Å². The smallest absolute Gasteiger partial charge is 0.412 e. The summed E-state index contributed by atoms with van der Waals surface area (Å²) in [5.41, 5.74) is 1.68. The predicted octanol–water partition coefficient (Wildman–Crippen LogP) is 5.97. The number of fused-ring (bicyclic) bond motifs is 1. The summed E-state index contributed by atoms with van der Waals surface area (Å²) in [6, 6.07) is 14.5. The number of aryl methyl sites for hydroxylation is 1. The van der Waals surface area contributed by atoms with Gasteiger partial charge in [0.05, 0.1) is 13.2 Å². The van der Waals surface area contributed by atoms with Crippen molar-refractivity contribution in [2.45, 2.75) is 26.6 Å². The van der Waals surface area contributed by atoms with Crippen LogP contribution in [0.3, 0.4) is 0 Å². The minimum absolute atomic E-state index is 0.202. The second-order valence-electron chi connectivity index (χ2n) is 5.82. The molecule has 3 rings (SSSR count). The Balaban J connectivity index is 1.96. The lowest BCUT2D eigenvalue weighted by Crippen LogP contribution is -2.11.